The molecule has 2 nitrogen and oxygen atoms in total. The van der Waals surface area contributed by atoms with E-state index < -0.39 is 0 Å². The number of anilines is 1. The Kier molecular flexibility index (Phi) is 3.87. The molecule has 0 saturated carbocycles. The Balaban J connectivity index is 2.09. The van der Waals surface area contributed by atoms with E-state index >= 15 is 0 Å². The maximum Gasteiger partial charge on any atom is 0.130 e. The zero-order chi connectivity index (χ0) is 13.1. The van der Waals surface area contributed by atoms with Gasteiger partial charge in [0, 0.05) is 21.8 Å². The maximum absolute atomic E-state index is 13.6. The van der Waals surface area contributed by atoms with Crippen LogP contribution in [0.2, 0.25) is 0 Å². The Morgan fingerprint density at radius 2 is 2.00 bits per heavy atom. The lowest BCUT2D eigenvalue weighted by molar-refractivity contribution is 0.300. The van der Waals surface area contributed by atoms with Crippen molar-refractivity contribution in [2.45, 2.75) is 13.5 Å². The molecule has 0 spiro atoms. The zero-order valence-electron chi connectivity index (χ0n) is 9.91. The fraction of sp³-hybridized carbons (Fsp3) is 0.143. The van der Waals surface area contributed by atoms with Gasteiger partial charge in [0.25, 0.3) is 0 Å². The van der Waals surface area contributed by atoms with Crippen molar-refractivity contribution >= 4 is 21.6 Å². The first kappa shape index (κ1) is 12.9. The summed E-state index contributed by atoms with van der Waals surface area (Å²) in [5.74, 6) is 0.352. The third-order valence-electron chi connectivity index (χ3n) is 2.66. The highest BCUT2D eigenvalue weighted by molar-refractivity contribution is 9.10. The summed E-state index contributed by atoms with van der Waals surface area (Å²) in [6.45, 7) is 2.11. The number of nitrogens with two attached hydrogens (primary N) is 1. The second-order valence-electron chi connectivity index (χ2n) is 4.04. The molecule has 0 radical (unpaired) electrons. The van der Waals surface area contributed by atoms with E-state index in [-0.39, 0.29) is 12.4 Å². The first-order valence-corrected chi connectivity index (χ1v) is 6.28. The Bertz CT molecular complexity index is 572. The van der Waals surface area contributed by atoms with Crippen LogP contribution in [0.15, 0.2) is 40.9 Å². The lowest BCUT2D eigenvalue weighted by Crippen LogP contribution is -1.99. The molecular formula is C14H13BrFNO. The first-order valence-electron chi connectivity index (χ1n) is 5.49. The van der Waals surface area contributed by atoms with Crippen LogP contribution in [-0.2, 0) is 6.61 Å². The van der Waals surface area contributed by atoms with Gasteiger partial charge < -0.3 is 10.5 Å². The van der Waals surface area contributed by atoms with E-state index in [9.17, 15) is 4.39 Å². The minimum Gasteiger partial charge on any atom is -0.489 e. The van der Waals surface area contributed by atoms with E-state index in [2.05, 4.69) is 15.9 Å². The number of benzene rings is 2. The fourth-order valence-electron chi connectivity index (χ4n) is 1.51. The minimum absolute atomic E-state index is 0.182. The molecule has 0 aliphatic carbocycles. The lowest BCUT2D eigenvalue weighted by Gasteiger charge is -2.09. The Hall–Kier alpha value is -1.55. The van der Waals surface area contributed by atoms with Crippen molar-refractivity contribution in [3.05, 3.63) is 57.8 Å². The van der Waals surface area contributed by atoms with Crippen LogP contribution in [0.25, 0.3) is 0 Å². The summed E-state index contributed by atoms with van der Waals surface area (Å²) in [6, 6.07) is 10.3. The molecule has 2 rings (SSSR count). The van der Waals surface area contributed by atoms with Crippen LogP contribution in [0.4, 0.5) is 10.1 Å². The molecule has 0 fully saturated rings. The van der Waals surface area contributed by atoms with E-state index in [1.807, 2.05) is 19.1 Å². The number of rotatable bonds is 3. The number of hydrogen-bond donors (Lipinski definition) is 1. The van der Waals surface area contributed by atoms with E-state index in [4.69, 9.17) is 10.5 Å². The molecule has 0 unspecified atom stereocenters. The smallest absolute Gasteiger partial charge is 0.130 e. The molecule has 0 bridgehead atoms. The molecule has 2 aromatic carbocycles. The van der Waals surface area contributed by atoms with Crippen molar-refractivity contribution in [3.8, 4) is 5.75 Å². The van der Waals surface area contributed by atoms with Crippen molar-refractivity contribution in [1.82, 2.24) is 0 Å². The highest BCUT2D eigenvalue weighted by Crippen LogP contribution is 2.21. The summed E-state index contributed by atoms with van der Waals surface area (Å²) in [4.78, 5) is 0. The van der Waals surface area contributed by atoms with E-state index in [0.29, 0.717) is 21.5 Å². The lowest BCUT2D eigenvalue weighted by atomic mass is 10.2. The van der Waals surface area contributed by atoms with Crippen LogP contribution in [0.3, 0.4) is 0 Å². The van der Waals surface area contributed by atoms with Crippen LogP contribution in [-0.4, -0.2) is 0 Å². The second-order valence-corrected chi connectivity index (χ2v) is 4.96. The molecule has 94 valence electrons. The largest absolute Gasteiger partial charge is 0.489 e. The van der Waals surface area contributed by atoms with Crippen molar-refractivity contribution in [1.29, 1.82) is 0 Å². The van der Waals surface area contributed by atoms with Crippen LogP contribution < -0.4 is 10.5 Å². The summed E-state index contributed by atoms with van der Waals surface area (Å²) in [5.41, 5.74) is 7.96. The SMILES string of the molecule is Cc1ccc(OCc2ccc(Br)cc2F)cc1N. The maximum atomic E-state index is 13.6. The van der Waals surface area contributed by atoms with Gasteiger partial charge in [-0.15, -0.1) is 0 Å². The van der Waals surface area contributed by atoms with Crippen LogP contribution in [0, 0.1) is 12.7 Å². The van der Waals surface area contributed by atoms with Gasteiger partial charge in [-0.05, 0) is 30.7 Å². The molecule has 0 saturated heterocycles. The topological polar surface area (TPSA) is 35.2 Å². The molecule has 18 heavy (non-hydrogen) atoms. The number of hydrogen-bond acceptors (Lipinski definition) is 2. The Labute approximate surface area is 114 Å². The number of nitrogen functional groups attached to an aromatic ring is 1. The average Bonchev–Trinajstić information content (AvgIpc) is 2.32. The van der Waals surface area contributed by atoms with Crippen LogP contribution >= 0.6 is 15.9 Å². The third-order valence-corrected chi connectivity index (χ3v) is 3.15. The van der Waals surface area contributed by atoms with Gasteiger partial charge >= 0.3 is 0 Å². The number of aryl methyl sites for hydroxylation is 1. The van der Waals surface area contributed by atoms with E-state index in [0.717, 1.165) is 5.56 Å². The number of ether oxygens (including phenoxy) is 1. The van der Waals surface area contributed by atoms with Crippen molar-refractivity contribution < 1.29 is 9.13 Å². The van der Waals surface area contributed by atoms with Crippen LogP contribution in [0.1, 0.15) is 11.1 Å². The van der Waals surface area contributed by atoms with Gasteiger partial charge in [0.1, 0.15) is 18.2 Å². The predicted octanol–water partition coefficient (Wildman–Crippen LogP) is 4.06. The molecule has 2 N–H and O–H groups in total. The fourth-order valence-corrected chi connectivity index (χ4v) is 1.84. The molecule has 0 amide bonds. The second kappa shape index (κ2) is 5.40. The summed E-state index contributed by atoms with van der Waals surface area (Å²) in [6.07, 6.45) is 0. The van der Waals surface area contributed by atoms with Gasteiger partial charge in [-0.25, -0.2) is 4.39 Å². The summed E-state index contributed by atoms with van der Waals surface area (Å²) >= 11 is 3.21. The van der Waals surface area contributed by atoms with Gasteiger partial charge in [-0.2, -0.15) is 0 Å². The highest BCUT2D eigenvalue weighted by atomic mass is 79.9. The van der Waals surface area contributed by atoms with Crippen molar-refractivity contribution in [2.24, 2.45) is 0 Å². The van der Waals surface area contributed by atoms with Gasteiger partial charge in [0.2, 0.25) is 0 Å². The van der Waals surface area contributed by atoms with Gasteiger partial charge in [-0.1, -0.05) is 28.1 Å². The molecule has 2 aromatic rings. The van der Waals surface area contributed by atoms with Gasteiger partial charge in [0.05, 0.1) is 0 Å². The summed E-state index contributed by atoms with van der Waals surface area (Å²) in [5, 5.41) is 0. The monoisotopic (exact) mass is 309 g/mol. The molecule has 0 atom stereocenters. The normalized spacial score (nSPS) is 10.4. The highest BCUT2D eigenvalue weighted by Gasteiger charge is 2.04. The van der Waals surface area contributed by atoms with E-state index in [1.54, 1.807) is 18.2 Å². The minimum atomic E-state index is -0.288. The van der Waals surface area contributed by atoms with Crippen molar-refractivity contribution in [2.75, 3.05) is 5.73 Å². The van der Waals surface area contributed by atoms with E-state index in [1.165, 1.54) is 6.07 Å². The quantitative estimate of drug-likeness (QED) is 0.868. The molecule has 4 heteroatoms. The summed E-state index contributed by atoms with van der Waals surface area (Å²) < 4.78 is 19.8. The van der Waals surface area contributed by atoms with Crippen molar-refractivity contribution in [3.63, 3.8) is 0 Å². The van der Waals surface area contributed by atoms with Gasteiger partial charge in [0.15, 0.2) is 0 Å². The average molecular weight is 310 g/mol. The Morgan fingerprint density at radius 3 is 2.67 bits per heavy atom. The Morgan fingerprint density at radius 1 is 1.22 bits per heavy atom. The molecule has 0 aliphatic rings. The molecule has 0 heterocycles. The first-order chi connectivity index (χ1) is 8.56. The molecular weight excluding hydrogens is 297 g/mol. The molecule has 0 aromatic heterocycles. The standard InChI is InChI=1S/C14H13BrFNO/c1-9-2-5-12(7-14(9)17)18-8-10-3-4-11(15)6-13(10)16/h2-7H,8,17H2,1H3. The summed E-state index contributed by atoms with van der Waals surface area (Å²) in [7, 11) is 0. The predicted molar refractivity (Wildman–Crippen MR) is 74.0 cm³/mol. The molecule has 0 aliphatic heterocycles. The zero-order valence-corrected chi connectivity index (χ0v) is 11.5. The third kappa shape index (κ3) is 3.01. The van der Waals surface area contributed by atoms with Gasteiger partial charge in [-0.3, -0.25) is 0 Å². The number of halogens is 2. The van der Waals surface area contributed by atoms with Crippen LogP contribution in [0.5, 0.6) is 5.75 Å².